The highest BCUT2D eigenvalue weighted by Gasteiger charge is 2.14. The lowest BCUT2D eigenvalue weighted by Crippen LogP contribution is -2.32. The van der Waals surface area contributed by atoms with Gasteiger partial charge in [0.1, 0.15) is 0 Å². The van der Waals surface area contributed by atoms with E-state index in [9.17, 15) is 0 Å². The number of halogens is 1. The number of aromatic nitrogens is 3. The molecule has 16 heavy (non-hydrogen) atoms. The molecule has 5 heteroatoms. The zero-order valence-electron chi connectivity index (χ0n) is 10.4. The summed E-state index contributed by atoms with van der Waals surface area (Å²) in [6.07, 6.45) is 1.76. The highest BCUT2D eigenvalue weighted by molar-refractivity contribution is 6.18. The van der Waals surface area contributed by atoms with Gasteiger partial charge in [0.05, 0.1) is 11.4 Å². The Labute approximate surface area is 102 Å². The fourth-order valence-corrected chi connectivity index (χ4v) is 1.59. The molecule has 0 aromatic carbocycles. The molecule has 90 valence electrons. The molecule has 0 saturated heterocycles. The fourth-order valence-electron chi connectivity index (χ4n) is 1.38. The Hall–Kier alpha value is -0.900. The maximum atomic E-state index is 5.81. The van der Waals surface area contributed by atoms with Gasteiger partial charge in [-0.25, -0.2) is 4.98 Å². The molecular weight excluding hydrogens is 224 g/mol. The van der Waals surface area contributed by atoms with E-state index in [-0.39, 0.29) is 6.04 Å². The molecule has 1 heterocycles. The van der Waals surface area contributed by atoms with Gasteiger partial charge in [-0.1, -0.05) is 13.8 Å². The second-order valence-corrected chi connectivity index (χ2v) is 4.14. The van der Waals surface area contributed by atoms with Gasteiger partial charge in [0, 0.05) is 19.0 Å². The molecule has 1 unspecified atom stereocenters. The van der Waals surface area contributed by atoms with Crippen molar-refractivity contribution < 1.29 is 0 Å². The topological polar surface area (TPSA) is 41.9 Å². The Balaban J connectivity index is 2.98. The van der Waals surface area contributed by atoms with Crippen LogP contribution in [0.1, 0.15) is 32.2 Å². The predicted octanol–water partition coefficient (Wildman–Crippen LogP) is 2.06. The fraction of sp³-hybridized carbons (Fsp3) is 0.727. The van der Waals surface area contributed by atoms with E-state index in [1.54, 1.807) is 0 Å². The van der Waals surface area contributed by atoms with Crippen molar-refractivity contribution in [1.82, 2.24) is 15.2 Å². The first kappa shape index (κ1) is 13.2. The zero-order chi connectivity index (χ0) is 12.1. The number of rotatable bonds is 5. The summed E-state index contributed by atoms with van der Waals surface area (Å²) in [7, 11) is 1.94. The van der Waals surface area contributed by atoms with Crippen LogP contribution in [0.4, 0.5) is 5.95 Å². The third kappa shape index (κ3) is 2.82. The minimum atomic E-state index is 0.209. The molecule has 0 bridgehead atoms. The van der Waals surface area contributed by atoms with E-state index in [2.05, 4.69) is 29.0 Å². The number of anilines is 1. The molecule has 0 amide bonds. The van der Waals surface area contributed by atoms with Gasteiger partial charge in [0.25, 0.3) is 0 Å². The molecule has 4 nitrogen and oxygen atoms in total. The maximum Gasteiger partial charge on any atom is 0.245 e. The molecular formula is C11H19ClN4. The Morgan fingerprint density at radius 3 is 2.31 bits per heavy atom. The Bertz CT molecular complexity index is 343. The quantitative estimate of drug-likeness (QED) is 0.742. The van der Waals surface area contributed by atoms with Crippen LogP contribution in [0.2, 0.25) is 0 Å². The van der Waals surface area contributed by atoms with Crippen LogP contribution in [0.5, 0.6) is 0 Å². The lowest BCUT2D eigenvalue weighted by atomic mass is 10.2. The summed E-state index contributed by atoms with van der Waals surface area (Å²) >= 11 is 5.81. The zero-order valence-corrected chi connectivity index (χ0v) is 11.1. The Morgan fingerprint density at radius 1 is 1.19 bits per heavy atom. The summed E-state index contributed by atoms with van der Waals surface area (Å²) in [6, 6.07) is 0.209. The molecule has 0 saturated carbocycles. The first-order valence-electron chi connectivity index (χ1n) is 5.65. The van der Waals surface area contributed by atoms with Crippen LogP contribution < -0.4 is 4.90 Å². The lowest BCUT2D eigenvalue weighted by molar-refractivity contribution is 0.704. The van der Waals surface area contributed by atoms with Gasteiger partial charge < -0.3 is 4.90 Å². The van der Waals surface area contributed by atoms with E-state index in [4.69, 9.17) is 11.6 Å². The molecule has 1 atom stereocenters. The highest BCUT2D eigenvalue weighted by Crippen LogP contribution is 2.12. The van der Waals surface area contributed by atoms with Gasteiger partial charge >= 0.3 is 0 Å². The van der Waals surface area contributed by atoms with Crippen LogP contribution in [0.25, 0.3) is 0 Å². The van der Waals surface area contributed by atoms with E-state index >= 15 is 0 Å². The number of nitrogens with zero attached hydrogens (tertiary/aromatic N) is 4. The van der Waals surface area contributed by atoms with Gasteiger partial charge in [-0.05, 0) is 19.8 Å². The average molecular weight is 243 g/mol. The predicted molar refractivity (Wildman–Crippen MR) is 67.2 cm³/mol. The third-order valence-electron chi connectivity index (χ3n) is 2.70. The minimum absolute atomic E-state index is 0.209. The van der Waals surface area contributed by atoms with Gasteiger partial charge in [-0.2, -0.15) is 5.10 Å². The van der Waals surface area contributed by atoms with Crippen molar-refractivity contribution in [2.24, 2.45) is 0 Å². The summed E-state index contributed by atoms with van der Waals surface area (Å²) in [4.78, 5) is 6.48. The van der Waals surface area contributed by atoms with Crippen molar-refractivity contribution in [1.29, 1.82) is 0 Å². The number of hydrogen-bond acceptors (Lipinski definition) is 4. The maximum absolute atomic E-state index is 5.81. The van der Waals surface area contributed by atoms with Crippen molar-refractivity contribution in [2.75, 3.05) is 17.8 Å². The van der Waals surface area contributed by atoms with Crippen molar-refractivity contribution in [3.05, 3.63) is 11.4 Å². The summed E-state index contributed by atoms with van der Waals surface area (Å²) in [5.74, 6) is 1.21. The van der Waals surface area contributed by atoms with E-state index in [0.717, 1.165) is 24.2 Å². The number of aryl methyl sites for hydroxylation is 2. The van der Waals surface area contributed by atoms with Gasteiger partial charge in [-0.3, -0.25) is 0 Å². The molecule has 0 radical (unpaired) electrons. The van der Waals surface area contributed by atoms with Gasteiger partial charge in [-0.15, -0.1) is 16.7 Å². The average Bonchev–Trinajstić information content (AvgIpc) is 2.35. The number of hydrogen-bond donors (Lipinski definition) is 0. The highest BCUT2D eigenvalue weighted by atomic mass is 35.5. The van der Waals surface area contributed by atoms with E-state index in [0.29, 0.717) is 11.8 Å². The smallest absolute Gasteiger partial charge is 0.245 e. The molecule has 0 fully saturated rings. The second-order valence-electron chi connectivity index (χ2n) is 3.83. The van der Waals surface area contributed by atoms with Crippen LogP contribution in [0.3, 0.4) is 0 Å². The number of alkyl halides is 1. The van der Waals surface area contributed by atoms with Crippen molar-refractivity contribution in [2.45, 2.75) is 39.7 Å². The molecule has 1 rings (SSSR count). The van der Waals surface area contributed by atoms with E-state index < -0.39 is 0 Å². The summed E-state index contributed by atoms with van der Waals surface area (Å²) < 4.78 is 0. The van der Waals surface area contributed by atoms with E-state index in [1.807, 2.05) is 18.9 Å². The third-order valence-corrected chi connectivity index (χ3v) is 3.14. The first-order chi connectivity index (χ1) is 7.63. The van der Waals surface area contributed by atoms with Crippen molar-refractivity contribution >= 4 is 17.5 Å². The molecule has 0 aliphatic heterocycles. The van der Waals surface area contributed by atoms with Crippen molar-refractivity contribution in [3.63, 3.8) is 0 Å². The van der Waals surface area contributed by atoms with Crippen LogP contribution >= 0.6 is 11.6 Å². The first-order valence-corrected chi connectivity index (χ1v) is 6.18. The molecule has 1 aromatic heterocycles. The van der Waals surface area contributed by atoms with Gasteiger partial charge in [0.15, 0.2) is 0 Å². The molecule has 0 N–H and O–H groups in total. The van der Waals surface area contributed by atoms with Crippen LogP contribution in [0, 0.1) is 0 Å². The molecule has 1 aromatic rings. The molecule has 0 aliphatic rings. The summed E-state index contributed by atoms with van der Waals surface area (Å²) in [6.45, 7) is 6.18. The standard InChI is InChI=1S/C11H19ClN4/c1-5-9-10(6-2)14-15-11(13-9)16(4)8(3)7-12/h8H,5-7H2,1-4H3. The van der Waals surface area contributed by atoms with Crippen LogP contribution in [-0.2, 0) is 12.8 Å². The van der Waals surface area contributed by atoms with Crippen molar-refractivity contribution in [3.8, 4) is 0 Å². The molecule has 0 aliphatic carbocycles. The summed E-state index contributed by atoms with van der Waals surface area (Å²) in [5.41, 5.74) is 2.01. The monoisotopic (exact) mass is 242 g/mol. The summed E-state index contributed by atoms with van der Waals surface area (Å²) in [5, 5.41) is 8.34. The Kier molecular flexibility index (Phi) is 4.93. The molecule has 0 spiro atoms. The minimum Gasteiger partial charge on any atom is -0.339 e. The van der Waals surface area contributed by atoms with Crippen LogP contribution in [0.15, 0.2) is 0 Å². The SMILES string of the molecule is CCc1nnc(N(C)C(C)CCl)nc1CC. The van der Waals surface area contributed by atoms with E-state index in [1.165, 1.54) is 0 Å². The van der Waals surface area contributed by atoms with Crippen LogP contribution in [-0.4, -0.2) is 34.2 Å². The second kappa shape index (κ2) is 5.99. The lowest BCUT2D eigenvalue weighted by Gasteiger charge is -2.22. The normalized spacial score (nSPS) is 12.6. The van der Waals surface area contributed by atoms with Gasteiger partial charge in [0.2, 0.25) is 5.95 Å². The largest absolute Gasteiger partial charge is 0.339 e. The Morgan fingerprint density at radius 2 is 1.81 bits per heavy atom.